The van der Waals surface area contributed by atoms with Crippen molar-refractivity contribution in [3.05, 3.63) is 48.2 Å². The van der Waals surface area contributed by atoms with Crippen LogP contribution in [0.1, 0.15) is 65.9 Å². The molecule has 1 unspecified atom stereocenters. The molecule has 0 fully saturated rings. The van der Waals surface area contributed by atoms with Crippen LogP contribution in [0, 0.1) is 60.9 Å². The minimum Gasteiger partial charge on any atom is -0.460 e. The fraction of sp³-hybridized carbons (Fsp3) is 0.556. The molecular weight excluding hydrogens is 619 g/mol. The molecule has 3 N–H and O–H groups in total. The van der Waals surface area contributed by atoms with E-state index < -0.39 is 6.79 Å². The van der Waals surface area contributed by atoms with E-state index in [2.05, 4.69) is 53.3 Å². The number of aliphatic hydroxyl groups excluding tert-OH is 2. The van der Waals surface area contributed by atoms with E-state index >= 15 is 0 Å². The summed E-state index contributed by atoms with van der Waals surface area (Å²) >= 11 is 1.12. The summed E-state index contributed by atoms with van der Waals surface area (Å²) in [6.07, 6.45) is 13.4. The first kappa shape index (κ1) is 41.4. The van der Waals surface area contributed by atoms with E-state index in [1.54, 1.807) is 0 Å². The first-order chi connectivity index (χ1) is 16.7. The molecule has 1 aromatic rings. The van der Waals surface area contributed by atoms with Crippen molar-refractivity contribution in [2.75, 3.05) is 27.1 Å². The van der Waals surface area contributed by atoms with Gasteiger partial charge in [0.15, 0.2) is 0 Å². The van der Waals surface area contributed by atoms with Crippen LogP contribution in [0.4, 0.5) is 0 Å². The van der Waals surface area contributed by atoms with Gasteiger partial charge in [0.05, 0.1) is 6.54 Å². The van der Waals surface area contributed by atoms with Gasteiger partial charge in [0.2, 0.25) is 5.91 Å². The van der Waals surface area contributed by atoms with Crippen molar-refractivity contribution in [3.8, 4) is 17.6 Å². The van der Waals surface area contributed by atoms with Crippen LogP contribution < -0.4 is 9.50 Å². The Bertz CT molecular complexity index is 662. The molecule has 35 heavy (non-hydrogen) atoms. The Morgan fingerprint density at radius 1 is 1.23 bits per heavy atom. The van der Waals surface area contributed by atoms with Gasteiger partial charge in [0, 0.05) is 49.9 Å². The molecule has 0 aliphatic heterocycles. The molecule has 0 aromatic heterocycles. The van der Waals surface area contributed by atoms with Crippen molar-refractivity contribution < 1.29 is 60.8 Å². The minimum atomic E-state index is -0.437. The Hall–Kier alpha value is -0.746. The third-order valence-corrected chi connectivity index (χ3v) is 4.29. The van der Waals surface area contributed by atoms with Gasteiger partial charge < -0.3 is 24.4 Å². The zero-order valence-electron chi connectivity index (χ0n) is 22.2. The number of allylic oxidation sites excluding steroid dienone is 2. The van der Waals surface area contributed by atoms with Crippen molar-refractivity contribution in [2.45, 2.75) is 66.7 Å². The van der Waals surface area contributed by atoms with Crippen molar-refractivity contribution in [1.82, 2.24) is 5.32 Å². The Morgan fingerprint density at radius 3 is 2.51 bits per heavy atom. The molecule has 0 bridgehead atoms. The second-order valence-corrected chi connectivity index (χ2v) is 6.51. The van der Waals surface area contributed by atoms with Crippen LogP contribution >= 0.6 is 12.0 Å². The van der Waals surface area contributed by atoms with Crippen LogP contribution in [-0.4, -0.2) is 43.2 Å². The quantitative estimate of drug-likeness (QED) is 0.117. The predicted molar refractivity (Wildman–Crippen MR) is 145 cm³/mol. The van der Waals surface area contributed by atoms with E-state index in [-0.39, 0.29) is 49.4 Å². The van der Waals surface area contributed by atoms with E-state index in [0.717, 1.165) is 50.6 Å². The topological polar surface area (TPSA) is 88.0 Å². The number of rotatable bonds is 7. The van der Waals surface area contributed by atoms with Crippen LogP contribution in [0.3, 0.4) is 0 Å². The zero-order valence-corrected chi connectivity index (χ0v) is 24.8. The van der Waals surface area contributed by atoms with Gasteiger partial charge in [-0.05, 0) is 49.8 Å². The van der Waals surface area contributed by atoms with Gasteiger partial charge in [0.1, 0.15) is 19.1 Å². The predicted octanol–water partition coefficient (Wildman–Crippen LogP) is 5.55. The summed E-state index contributed by atoms with van der Waals surface area (Å²) in [5.41, 5.74) is 1.29. The molecule has 0 spiro atoms. The molecule has 1 radical (unpaired) electrons. The number of hydrogen-bond acceptors (Lipinski definition) is 6. The van der Waals surface area contributed by atoms with E-state index in [4.69, 9.17) is 14.4 Å². The molecule has 1 aliphatic rings. The summed E-state index contributed by atoms with van der Waals surface area (Å²) in [5, 5.41) is 18.0. The maximum Gasteiger partial charge on any atom is 0.246 e. The smallest absolute Gasteiger partial charge is 0.246 e. The van der Waals surface area contributed by atoms with E-state index in [0.29, 0.717) is 12.5 Å². The minimum absolute atomic E-state index is 0. The monoisotopic (exact) mass is 665 g/mol. The fourth-order valence-corrected chi connectivity index (χ4v) is 2.76. The standard InChI is InChI=1S/C13H19NO3.C9H11OS.2C2H6.CH4O.Tm/c15-11-17-10-13(16)14-9-5-8-12-6-3-1-2-4-7-12;1-3-8-5-4-6-9(7-8)10-11-2;3*1-2;/h1,3,12,15H,2,4,6-7,9-11H2,(H,14,16);4-7H,2-3H2,1H3;2*1-2H3;2H,1H3;/q;-1;;;;. The fourth-order valence-electron chi connectivity index (χ4n) is 2.52. The van der Waals surface area contributed by atoms with Gasteiger partial charge in [-0.1, -0.05) is 70.7 Å². The van der Waals surface area contributed by atoms with Crippen molar-refractivity contribution >= 4 is 17.9 Å². The van der Waals surface area contributed by atoms with Crippen molar-refractivity contribution in [2.24, 2.45) is 5.92 Å². The Labute approximate surface area is 248 Å². The first-order valence-electron chi connectivity index (χ1n) is 11.9. The number of ether oxygens (including phenoxy) is 1. The number of benzene rings is 1. The summed E-state index contributed by atoms with van der Waals surface area (Å²) in [7, 11) is 1.00. The van der Waals surface area contributed by atoms with Gasteiger partial charge in [0.25, 0.3) is 0 Å². The largest absolute Gasteiger partial charge is 0.460 e. The van der Waals surface area contributed by atoms with Crippen LogP contribution in [0.25, 0.3) is 0 Å². The Morgan fingerprint density at radius 2 is 1.91 bits per heavy atom. The van der Waals surface area contributed by atoms with Gasteiger partial charge in [-0.25, -0.2) is 6.26 Å². The first-order valence-corrected chi connectivity index (χ1v) is 12.8. The average Bonchev–Trinajstić information content (AvgIpc) is 3.18. The van der Waals surface area contributed by atoms with E-state index in [1.807, 2.05) is 45.9 Å². The number of aryl methyl sites for hydroxylation is 1. The van der Waals surface area contributed by atoms with Crippen molar-refractivity contribution in [1.29, 1.82) is 0 Å². The van der Waals surface area contributed by atoms with Crippen LogP contribution in [0.15, 0.2) is 36.4 Å². The summed E-state index contributed by atoms with van der Waals surface area (Å²) in [5.74, 6) is 7.16. The number of aliphatic hydroxyl groups is 2. The third kappa shape index (κ3) is 27.7. The van der Waals surface area contributed by atoms with Gasteiger partial charge in [-0.15, -0.1) is 12.0 Å². The van der Waals surface area contributed by atoms with Crippen molar-refractivity contribution in [3.63, 3.8) is 0 Å². The summed E-state index contributed by atoms with van der Waals surface area (Å²) in [6, 6.07) is 8.03. The van der Waals surface area contributed by atoms with Crippen LogP contribution in [0.5, 0.6) is 5.75 Å². The van der Waals surface area contributed by atoms with Crippen LogP contribution in [-0.2, 0) is 16.0 Å². The zero-order chi connectivity index (χ0) is 26.5. The molecule has 8 heteroatoms. The molecule has 209 valence electrons. The number of hydrogen-bond donors (Lipinski definition) is 3. The average molecular weight is 666 g/mol. The molecule has 6 nitrogen and oxygen atoms in total. The third-order valence-electron chi connectivity index (χ3n) is 3.98. The normalized spacial score (nSPS) is 12.8. The second-order valence-electron chi connectivity index (χ2n) is 6.11. The van der Waals surface area contributed by atoms with E-state index in [9.17, 15) is 4.79 Å². The van der Waals surface area contributed by atoms with Gasteiger partial charge >= 0.3 is 0 Å². The molecule has 2 rings (SSSR count). The molecule has 1 atom stereocenters. The van der Waals surface area contributed by atoms with Gasteiger partial charge in [-0.3, -0.25) is 4.79 Å². The maximum atomic E-state index is 11.1. The SMILES string of the molecule is CC.CC.CO.O=C(COCO)NCC#CC1CC=CCCC1.[CH2-]SOc1cccc(CC)c1.[Tm]. The number of amides is 1. The van der Waals surface area contributed by atoms with E-state index in [1.165, 1.54) is 12.0 Å². The summed E-state index contributed by atoms with van der Waals surface area (Å²) in [4.78, 5) is 11.1. The van der Waals surface area contributed by atoms with Gasteiger partial charge in [-0.2, -0.15) is 0 Å². The summed E-state index contributed by atoms with van der Waals surface area (Å²) < 4.78 is 9.70. The Balaban J connectivity index is -0.000000232. The molecule has 1 aromatic carbocycles. The molecule has 0 saturated heterocycles. The second kappa shape index (κ2) is 35.4. The maximum absolute atomic E-state index is 11.1. The summed E-state index contributed by atoms with van der Waals surface area (Å²) in [6.45, 7) is 9.90. The molecule has 0 saturated carbocycles. The molecule has 0 heterocycles. The van der Waals surface area contributed by atoms with Crippen LogP contribution in [0.2, 0.25) is 0 Å². The number of carbonyl (C=O) groups is 1. The molecule has 1 amide bonds. The molecule has 1 aliphatic carbocycles. The number of nitrogens with one attached hydrogen (secondary N) is 1. The molecular formula is C27H46NO5STm-. The Kier molecular flexibility index (Phi) is 41.9. The number of carbonyl (C=O) groups excluding carboxylic acids is 1.